The second-order valence-corrected chi connectivity index (χ2v) is 8.81. The van der Waals surface area contributed by atoms with E-state index in [1.165, 1.54) is 16.8 Å². The van der Waals surface area contributed by atoms with Crippen molar-refractivity contribution in [3.05, 3.63) is 83.4 Å². The number of hydrogen-bond donors (Lipinski definition) is 1. The van der Waals surface area contributed by atoms with E-state index in [0.717, 1.165) is 51.6 Å². The van der Waals surface area contributed by atoms with E-state index < -0.39 is 0 Å². The number of likely N-dealkylation sites (N-methyl/N-ethyl adjacent to an activating group) is 1. The quantitative estimate of drug-likeness (QED) is 0.632. The van der Waals surface area contributed by atoms with Crippen LogP contribution in [-0.4, -0.2) is 60.3 Å². The van der Waals surface area contributed by atoms with E-state index in [4.69, 9.17) is 4.74 Å². The number of anilines is 1. The van der Waals surface area contributed by atoms with E-state index >= 15 is 0 Å². The summed E-state index contributed by atoms with van der Waals surface area (Å²) in [6, 6.07) is 19.3. The molecule has 0 radical (unpaired) electrons. The molecule has 1 fully saturated rings. The Morgan fingerprint density at radius 2 is 1.94 bits per heavy atom. The zero-order chi connectivity index (χ0) is 22.6. The average molecular weight is 446 g/mol. The minimum atomic E-state index is -0.111. The lowest BCUT2D eigenvalue weighted by Gasteiger charge is -2.33. The van der Waals surface area contributed by atoms with E-state index in [0.29, 0.717) is 12.2 Å². The minimum absolute atomic E-state index is 0.111. The van der Waals surface area contributed by atoms with Crippen molar-refractivity contribution in [2.45, 2.75) is 25.6 Å². The number of ether oxygens (including phenoxy) is 1. The van der Waals surface area contributed by atoms with Gasteiger partial charge >= 0.3 is 0 Å². The number of morpholine rings is 1. The molecule has 7 nitrogen and oxygen atoms in total. The second-order valence-electron chi connectivity index (χ2n) is 8.81. The number of amides is 1. The summed E-state index contributed by atoms with van der Waals surface area (Å²) in [5.74, 6) is 0.827. The molecule has 0 aliphatic carbocycles. The largest absolute Gasteiger partial charge is 0.378 e. The third-order valence-corrected chi connectivity index (χ3v) is 6.55. The molecule has 1 unspecified atom stereocenters. The fraction of sp³-hybridized carbons (Fsp3) is 0.385. The maximum atomic E-state index is 12.8. The van der Waals surface area contributed by atoms with Crippen LogP contribution in [0.1, 0.15) is 33.5 Å². The van der Waals surface area contributed by atoms with Gasteiger partial charge < -0.3 is 19.5 Å². The fourth-order valence-electron chi connectivity index (χ4n) is 4.68. The van der Waals surface area contributed by atoms with Crippen molar-refractivity contribution in [1.82, 2.24) is 19.8 Å². The van der Waals surface area contributed by atoms with Gasteiger partial charge in [-0.15, -0.1) is 0 Å². The van der Waals surface area contributed by atoms with E-state index in [1.54, 1.807) is 0 Å². The van der Waals surface area contributed by atoms with Crippen LogP contribution in [0.3, 0.4) is 0 Å². The number of imidazole rings is 1. The summed E-state index contributed by atoms with van der Waals surface area (Å²) in [6.45, 7) is 5.50. The summed E-state index contributed by atoms with van der Waals surface area (Å²) in [4.78, 5) is 22.0. The van der Waals surface area contributed by atoms with Crippen molar-refractivity contribution < 1.29 is 9.53 Å². The monoisotopic (exact) mass is 445 g/mol. The Bertz CT molecular complexity index is 1090. The molecule has 2 aliphatic heterocycles. The first-order chi connectivity index (χ1) is 16.2. The molecule has 2 aromatic carbocycles. The van der Waals surface area contributed by atoms with Crippen LogP contribution in [0.15, 0.2) is 60.8 Å². The van der Waals surface area contributed by atoms with Crippen LogP contribution in [0.4, 0.5) is 5.69 Å². The first-order valence-electron chi connectivity index (χ1n) is 11.7. The molecule has 0 bridgehead atoms. The van der Waals surface area contributed by atoms with Crippen LogP contribution >= 0.6 is 0 Å². The van der Waals surface area contributed by atoms with Crippen LogP contribution in [0.25, 0.3) is 0 Å². The highest BCUT2D eigenvalue weighted by Gasteiger charge is 2.27. The summed E-state index contributed by atoms with van der Waals surface area (Å²) < 4.78 is 7.57. The first kappa shape index (κ1) is 21.7. The molecular formula is C26H31N5O2. The molecule has 5 rings (SSSR count). The molecule has 1 N–H and O–H groups in total. The molecular weight excluding hydrogens is 414 g/mol. The molecule has 33 heavy (non-hydrogen) atoms. The second kappa shape index (κ2) is 9.77. The van der Waals surface area contributed by atoms with Crippen LogP contribution < -0.4 is 10.2 Å². The standard InChI is InChI=1S/C26H31N5O2/c1-29-19-25-28-23(17-31(25)18-24(29)21-7-3-2-4-8-21)26(32)27-11-10-20-6-5-9-22(16-20)30-12-14-33-15-13-30/h2-9,16-17,24H,10-15,18-19H2,1H3,(H,27,32). The lowest BCUT2D eigenvalue weighted by molar-refractivity contribution is 0.0949. The lowest BCUT2D eigenvalue weighted by atomic mass is 10.0. The molecule has 1 atom stereocenters. The van der Waals surface area contributed by atoms with Gasteiger partial charge in [-0.3, -0.25) is 9.69 Å². The summed E-state index contributed by atoms with van der Waals surface area (Å²) in [5.41, 5.74) is 4.22. The van der Waals surface area contributed by atoms with Gasteiger partial charge in [-0.1, -0.05) is 42.5 Å². The topological polar surface area (TPSA) is 62.6 Å². The predicted octanol–water partition coefficient (Wildman–Crippen LogP) is 2.88. The predicted molar refractivity (Wildman–Crippen MR) is 128 cm³/mol. The number of carbonyl (C=O) groups excluding carboxylic acids is 1. The van der Waals surface area contributed by atoms with Gasteiger partial charge in [0.05, 0.1) is 25.8 Å². The Morgan fingerprint density at radius 1 is 1.12 bits per heavy atom. The molecule has 1 amide bonds. The SMILES string of the molecule is CN1Cc2nc(C(=O)NCCc3cccc(N4CCOCC4)c3)cn2CC1c1ccccc1. The van der Waals surface area contributed by atoms with Gasteiger partial charge in [0.2, 0.25) is 0 Å². The zero-order valence-corrected chi connectivity index (χ0v) is 19.1. The third kappa shape index (κ3) is 4.94. The van der Waals surface area contributed by atoms with Gasteiger partial charge in [0, 0.05) is 38.1 Å². The average Bonchev–Trinajstić information content (AvgIpc) is 3.28. The maximum Gasteiger partial charge on any atom is 0.271 e. The molecule has 0 saturated carbocycles. The summed E-state index contributed by atoms with van der Waals surface area (Å²) >= 11 is 0. The highest BCUT2D eigenvalue weighted by atomic mass is 16.5. The van der Waals surface area contributed by atoms with Crippen molar-refractivity contribution in [3.8, 4) is 0 Å². The number of benzene rings is 2. The van der Waals surface area contributed by atoms with Gasteiger partial charge in [-0.2, -0.15) is 0 Å². The van der Waals surface area contributed by atoms with Gasteiger partial charge in [-0.25, -0.2) is 4.98 Å². The van der Waals surface area contributed by atoms with Crippen molar-refractivity contribution >= 4 is 11.6 Å². The minimum Gasteiger partial charge on any atom is -0.378 e. The number of nitrogens with one attached hydrogen (secondary N) is 1. The molecule has 3 heterocycles. The Hall–Kier alpha value is -3.16. The highest BCUT2D eigenvalue weighted by molar-refractivity contribution is 5.92. The van der Waals surface area contributed by atoms with Gasteiger partial charge in [0.1, 0.15) is 11.5 Å². The summed E-state index contributed by atoms with van der Waals surface area (Å²) in [7, 11) is 2.11. The Morgan fingerprint density at radius 3 is 2.76 bits per heavy atom. The number of fused-ring (bicyclic) bond motifs is 1. The molecule has 0 spiro atoms. The summed E-state index contributed by atoms with van der Waals surface area (Å²) in [5, 5.41) is 3.05. The van der Waals surface area contributed by atoms with Crippen molar-refractivity contribution in [2.24, 2.45) is 0 Å². The Labute approximate surface area is 195 Å². The number of nitrogens with zero attached hydrogens (tertiary/aromatic N) is 4. The number of aromatic nitrogens is 2. The molecule has 1 aromatic heterocycles. The van der Waals surface area contributed by atoms with Crippen LogP contribution in [0, 0.1) is 0 Å². The van der Waals surface area contributed by atoms with Crippen molar-refractivity contribution in [3.63, 3.8) is 0 Å². The fourth-order valence-corrected chi connectivity index (χ4v) is 4.68. The highest BCUT2D eigenvalue weighted by Crippen LogP contribution is 2.28. The van der Waals surface area contributed by atoms with Gasteiger partial charge in [0.25, 0.3) is 5.91 Å². The molecule has 1 saturated heterocycles. The lowest BCUT2D eigenvalue weighted by Crippen LogP contribution is -2.36. The van der Waals surface area contributed by atoms with Crippen LogP contribution in [0.5, 0.6) is 0 Å². The van der Waals surface area contributed by atoms with Crippen LogP contribution in [-0.2, 0) is 24.2 Å². The molecule has 3 aromatic rings. The van der Waals surface area contributed by atoms with E-state index in [2.05, 4.69) is 80.2 Å². The van der Waals surface area contributed by atoms with E-state index in [-0.39, 0.29) is 11.9 Å². The van der Waals surface area contributed by atoms with Gasteiger partial charge in [-0.05, 0) is 36.7 Å². The van der Waals surface area contributed by atoms with E-state index in [1.807, 2.05) is 12.3 Å². The molecule has 2 aliphatic rings. The van der Waals surface area contributed by atoms with E-state index in [9.17, 15) is 4.79 Å². The van der Waals surface area contributed by atoms with Crippen molar-refractivity contribution in [1.29, 1.82) is 0 Å². The van der Waals surface area contributed by atoms with Crippen molar-refractivity contribution in [2.75, 3.05) is 44.8 Å². The number of hydrogen-bond acceptors (Lipinski definition) is 5. The summed E-state index contributed by atoms with van der Waals surface area (Å²) in [6.07, 6.45) is 2.68. The normalized spacial score (nSPS) is 18.7. The Kier molecular flexibility index (Phi) is 6.41. The smallest absolute Gasteiger partial charge is 0.271 e. The molecule has 172 valence electrons. The third-order valence-electron chi connectivity index (χ3n) is 6.55. The van der Waals surface area contributed by atoms with Gasteiger partial charge in [0.15, 0.2) is 0 Å². The maximum absolute atomic E-state index is 12.8. The zero-order valence-electron chi connectivity index (χ0n) is 19.1. The number of carbonyl (C=O) groups is 1. The van der Waals surface area contributed by atoms with Crippen LogP contribution in [0.2, 0.25) is 0 Å². The first-order valence-corrected chi connectivity index (χ1v) is 11.7. The number of rotatable bonds is 6. The Balaban J connectivity index is 1.18. The molecule has 7 heteroatoms.